The zero-order valence-corrected chi connectivity index (χ0v) is 19.8. The second-order valence-corrected chi connectivity index (χ2v) is 10.7. The molecule has 31 heavy (non-hydrogen) atoms. The number of nitrogens with one attached hydrogen (secondary N) is 1. The summed E-state index contributed by atoms with van der Waals surface area (Å²) in [6, 6.07) is 11.7. The largest absolute Gasteiger partial charge is 0.352 e. The first kappa shape index (κ1) is 22.1. The molecule has 0 bridgehead atoms. The van der Waals surface area contributed by atoms with E-state index in [4.69, 9.17) is 0 Å². The maximum absolute atomic E-state index is 13.9. The predicted octanol–water partition coefficient (Wildman–Crippen LogP) is 5.63. The highest BCUT2D eigenvalue weighted by atomic mass is 32.1. The SMILES string of the molecule is CC(C)CN1C(=O)c2ccccc2[C@H](C(=O)N[C@@H]2CCC[C@H](C)[C@H]2C)[C@H]1c1cccs1. The fraction of sp³-hybridized carbons (Fsp3) is 0.538. The highest BCUT2D eigenvalue weighted by Gasteiger charge is 2.45. The fourth-order valence-corrected chi connectivity index (χ4v) is 6.18. The van der Waals surface area contributed by atoms with Crippen LogP contribution in [0.5, 0.6) is 0 Å². The first-order valence-electron chi connectivity index (χ1n) is 11.6. The van der Waals surface area contributed by atoms with Crippen molar-refractivity contribution >= 4 is 23.2 Å². The third-order valence-electron chi connectivity index (χ3n) is 7.15. The van der Waals surface area contributed by atoms with Crippen molar-refractivity contribution in [3.05, 3.63) is 57.8 Å². The molecule has 1 aromatic heterocycles. The molecule has 2 amide bonds. The van der Waals surface area contributed by atoms with E-state index in [2.05, 4.69) is 39.1 Å². The number of hydrogen-bond donors (Lipinski definition) is 1. The summed E-state index contributed by atoms with van der Waals surface area (Å²) in [5.41, 5.74) is 1.53. The first-order chi connectivity index (χ1) is 14.9. The van der Waals surface area contributed by atoms with Crippen LogP contribution in [0, 0.1) is 17.8 Å². The lowest BCUT2D eigenvalue weighted by Crippen LogP contribution is -2.51. The molecule has 4 nitrogen and oxygen atoms in total. The molecule has 2 aliphatic rings. The highest BCUT2D eigenvalue weighted by Crippen LogP contribution is 2.45. The Morgan fingerprint density at radius 3 is 2.65 bits per heavy atom. The number of thiophene rings is 1. The molecule has 1 aliphatic carbocycles. The smallest absolute Gasteiger partial charge is 0.254 e. The third-order valence-corrected chi connectivity index (χ3v) is 8.10. The molecule has 5 heteroatoms. The Labute approximate surface area is 190 Å². The molecule has 5 atom stereocenters. The van der Waals surface area contributed by atoms with E-state index in [9.17, 15) is 9.59 Å². The lowest BCUT2D eigenvalue weighted by Gasteiger charge is -2.43. The van der Waals surface area contributed by atoms with Gasteiger partial charge in [0.15, 0.2) is 0 Å². The van der Waals surface area contributed by atoms with Gasteiger partial charge in [-0.15, -0.1) is 11.3 Å². The van der Waals surface area contributed by atoms with E-state index in [0.717, 1.165) is 23.3 Å². The van der Waals surface area contributed by atoms with Crippen molar-refractivity contribution in [2.45, 2.75) is 65.0 Å². The van der Waals surface area contributed by atoms with Crippen molar-refractivity contribution in [3.63, 3.8) is 0 Å². The van der Waals surface area contributed by atoms with Crippen LogP contribution in [0.3, 0.4) is 0 Å². The van der Waals surface area contributed by atoms with E-state index in [0.29, 0.717) is 29.9 Å². The van der Waals surface area contributed by atoms with Gasteiger partial charge in [-0.1, -0.05) is 64.8 Å². The second kappa shape index (κ2) is 9.15. The zero-order chi connectivity index (χ0) is 22.1. The molecule has 1 aromatic carbocycles. The minimum Gasteiger partial charge on any atom is -0.352 e. The van der Waals surface area contributed by atoms with Crippen LogP contribution in [-0.4, -0.2) is 29.3 Å². The van der Waals surface area contributed by atoms with Gasteiger partial charge in [-0.3, -0.25) is 9.59 Å². The summed E-state index contributed by atoms with van der Waals surface area (Å²) in [4.78, 5) is 30.4. The summed E-state index contributed by atoms with van der Waals surface area (Å²) in [6.07, 6.45) is 3.42. The van der Waals surface area contributed by atoms with Crippen LogP contribution in [0.25, 0.3) is 0 Å². The third kappa shape index (κ3) is 4.30. The fourth-order valence-electron chi connectivity index (χ4n) is 5.30. The van der Waals surface area contributed by atoms with Gasteiger partial charge in [0.05, 0.1) is 12.0 Å². The Balaban J connectivity index is 1.75. The quantitative estimate of drug-likeness (QED) is 0.658. The average molecular weight is 439 g/mol. The summed E-state index contributed by atoms with van der Waals surface area (Å²) in [7, 11) is 0. The van der Waals surface area contributed by atoms with Gasteiger partial charge in [-0.2, -0.15) is 0 Å². The van der Waals surface area contributed by atoms with Gasteiger partial charge in [-0.05, 0) is 47.3 Å². The van der Waals surface area contributed by atoms with E-state index >= 15 is 0 Å². The van der Waals surface area contributed by atoms with Gasteiger partial charge in [-0.25, -0.2) is 0 Å². The Kier molecular flexibility index (Phi) is 6.52. The molecule has 2 aromatic rings. The van der Waals surface area contributed by atoms with Crippen LogP contribution < -0.4 is 5.32 Å². The number of rotatable bonds is 5. The molecule has 1 N–H and O–H groups in total. The molecule has 2 heterocycles. The van der Waals surface area contributed by atoms with Crippen molar-refractivity contribution in [3.8, 4) is 0 Å². The van der Waals surface area contributed by atoms with Crippen molar-refractivity contribution in [2.75, 3.05) is 6.54 Å². The van der Waals surface area contributed by atoms with Crippen molar-refractivity contribution in [2.24, 2.45) is 17.8 Å². The van der Waals surface area contributed by atoms with Gasteiger partial charge in [0.25, 0.3) is 5.91 Å². The van der Waals surface area contributed by atoms with Crippen LogP contribution in [0.2, 0.25) is 0 Å². The van der Waals surface area contributed by atoms with E-state index in [1.807, 2.05) is 40.6 Å². The summed E-state index contributed by atoms with van der Waals surface area (Å²) >= 11 is 1.63. The van der Waals surface area contributed by atoms with Crippen molar-refractivity contribution < 1.29 is 9.59 Å². The molecule has 166 valence electrons. The Hall–Kier alpha value is -2.14. The lowest BCUT2D eigenvalue weighted by molar-refractivity contribution is -0.125. The van der Waals surface area contributed by atoms with E-state index in [-0.39, 0.29) is 23.9 Å². The highest BCUT2D eigenvalue weighted by molar-refractivity contribution is 7.10. The number of amides is 2. The van der Waals surface area contributed by atoms with Gasteiger partial charge in [0.1, 0.15) is 0 Å². The van der Waals surface area contributed by atoms with Crippen LogP contribution >= 0.6 is 11.3 Å². The average Bonchev–Trinajstić information content (AvgIpc) is 3.27. The predicted molar refractivity (Wildman–Crippen MR) is 126 cm³/mol. The number of carbonyl (C=O) groups excluding carboxylic acids is 2. The summed E-state index contributed by atoms with van der Waals surface area (Å²) in [5.74, 6) is 1.09. The van der Waals surface area contributed by atoms with E-state index < -0.39 is 5.92 Å². The summed E-state index contributed by atoms with van der Waals surface area (Å²) in [6.45, 7) is 9.43. The summed E-state index contributed by atoms with van der Waals surface area (Å²) in [5, 5.41) is 5.45. The molecule has 4 rings (SSSR count). The van der Waals surface area contributed by atoms with Gasteiger partial charge in [0.2, 0.25) is 5.91 Å². The normalized spacial score (nSPS) is 28.5. The number of fused-ring (bicyclic) bond motifs is 1. The maximum atomic E-state index is 13.9. The Bertz CT molecular complexity index is 923. The molecule has 0 spiro atoms. The van der Waals surface area contributed by atoms with Crippen LogP contribution in [-0.2, 0) is 4.79 Å². The van der Waals surface area contributed by atoms with E-state index in [1.54, 1.807) is 11.3 Å². The lowest BCUT2D eigenvalue weighted by atomic mass is 9.77. The molecule has 1 fully saturated rings. The van der Waals surface area contributed by atoms with Gasteiger partial charge >= 0.3 is 0 Å². The molecule has 1 saturated carbocycles. The van der Waals surface area contributed by atoms with Crippen LogP contribution in [0.4, 0.5) is 0 Å². The van der Waals surface area contributed by atoms with Crippen LogP contribution in [0.15, 0.2) is 41.8 Å². The monoisotopic (exact) mass is 438 g/mol. The number of nitrogens with zero attached hydrogens (tertiary/aromatic N) is 1. The van der Waals surface area contributed by atoms with Gasteiger partial charge < -0.3 is 10.2 Å². The van der Waals surface area contributed by atoms with Crippen molar-refractivity contribution in [1.82, 2.24) is 10.2 Å². The van der Waals surface area contributed by atoms with Gasteiger partial charge in [0, 0.05) is 23.0 Å². The number of carbonyl (C=O) groups is 2. The number of benzene rings is 1. The molecular formula is C26H34N2O2S. The summed E-state index contributed by atoms with van der Waals surface area (Å²) < 4.78 is 0. The molecular weight excluding hydrogens is 404 g/mol. The topological polar surface area (TPSA) is 49.4 Å². The molecule has 0 saturated heterocycles. The Morgan fingerprint density at radius 1 is 1.16 bits per heavy atom. The minimum atomic E-state index is -0.393. The molecule has 1 aliphatic heterocycles. The molecule has 0 unspecified atom stereocenters. The van der Waals surface area contributed by atoms with Crippen molar-refractivity contribution in [1.29, 1.82) is 0 Å². The standard InChI is InChI=1S/C26H34N2O2S/c1-16(2)15-28-24(22-13-8-14-31-22)23(19-10-5-6-11-20(19)26(28)30)25(29)27-21-12-7-9-17(3)18(21)4/h5-6,8,10-11,13-14,16-18,21,23-24H,7,9,12,15H2,1-4H3,(H,27,29)/t17-,18+,21+,23-,24+/m0/s1. The number of hydrogen-bond acceptors (Lipinski definition) is 3. The first-order valence-corrected chi connectivity index (χ1v) is 12.5. The van der Waals surface area contributed by atoms with Crippen LogP contribution in [0.1, 0.15) is 79.7 Å². The van der Waals surface area contributed by atoms with E-state index in [1.165, 1.54) is 6.42 Å². The second-order valence-electron chi connectivity index (χ2n) is 9.76. The maximum Gasteiger partial charge on any atom is 0.254 e. The molecule has 0 radical (unpaired) electrons. The minimum absolute atomic E-state index is 0.0337. The Morgan fingerprint density at radius 2 is 1.94 bits per heavy atom. The zero-order valence-electron chi connectivity index (χ0n) is 19.0.